The van der Waals surface area contributed by atoms with Crippen LogP contribution in [0.4, 0.5) is 0 Å². The van der Waals surface area contributed by atoms with Gasteiger partial charge in [-0.25, -0.2) is 0 Å². The Morgan fingerprint density at radius 3 is 1.15 bits per heavy atom. The lowest BCUT2D eigenvalue weighted by Gasteiger charge is -2.31. The maximum absolute atomic E-state index is 6.60. The van der Waals surface area contributed by atoms with Gasteiger partial charge in [-0.2, -0.15) is 0 Å². The first-order valence-corrected chi connectivity index (χ1v) is 10.8. The topological polar surface area (TPSA) is 27.7 Å². The second kappa shape index (κ2) is 11.0. The number of hydrogen-bond donors (Lipinski definition) is 0. The minimum absolute atomic E-state index is 0.0758. The van der Waals surface area contributed by atoms with Gasteiger partial charge in [0.1, 0.15) is 0 Å². The molecule has 0 aromatic heterocycles. The van der Waals surface area contributed by atoms with Gasteiger partial charge in [-0.05, 0) is 40.0 Å². The predicted molar refractivity (Wildman–Crippen MR) is 88.0 cm³/mol. The van der Waals surface area contributed by atoms with Crippen molar-refractivity contribution >= 4 is 19.2 Å². The number of rotatable bonds is 12. The second-order valence-corrected chi connectivity index (χ2v) is 8.69. The lowest BCUT2D eigenvalue weighted by Crippen LogP contribution is -2.47. The van der Waals surface area contributed by atoms with Crippen LogP contribution in [0.25, 0.3) is 0 Å². The van der Waals surface area contributed by atoms with Crippen LogP contribution in [0.5, 0.6) is 0 Å². The molecule has 0 saturated heterocycles. The Kier molecular flexibility index (Phi) is 11.2. The zero-order chi connectivity index (χ0) is 15.6. The van der Waals surface area contributed by atoms with Crippen molar-refractivity contribution in [1.82, 2.24) is 0 Å². The summed E-state index contributed by atoms with van der Waals surface area (Å²) in [5.74, 6) is 0. The van der Waals surface area contributed by atoms with Crippen molar-refractivity contribution < 1.29 is 13.3 Å². The minimum Gasteiger partial charge on any atom is -0.359 e. The van der Waals surface area contributed by atoms with Crippen LogP contribution >= 0.6 is 11.1 Å². The smallest absolute Gasteiger partial charge is 0.359 e. The summed E-state index contributed by atoms with van der Waals surface area (Å²) >= 11 is 6.60. The third kappa shape index (κ3) is 9.35. The molecule has 5 heteroatoms. The molecular weight excluding hydrogens is 292 g/mol. The largest absolute Gasteiger partial charge is 0.613 e. The molecule has 0 spiro atoms. The molecule has 0 rings (SSSR count). The zero-order valence-electron chi connectivity index (χ0n) is 14.1. The highest BCUT2D eigenvalue weighted by Gasteiger charge is 2.44. The van der Waals surface area contributed by atoms with E-state index in [0.717, 1.165) is 38.5 Å². The SMILES string of the molecule is CCCC(C)O[Si](Cl)(OC(C)CCC)OC(C)CCC. The van der Waals surface area contributed by atoms with Gasteiger partial charge < -0.3 is 13.3 Å². The molecule has 3 unspecified atom stereocenters. The summed E-state index contributed by atoms with van der Waals surface area (Å²) in [6, 6.07) is 0. The first-order valence-electron chi connectivity index (χ1n) is 8.09. The molecule has 0 radical (unpaired) electrons. The molecule has 3 atom stereocenters. The molecule has 20 heavy (non-hydrogen) atoms. The molecule has 0 aromatic rings. The van der Waals surface area contributed by atoms with Crippen molar-refractivity contribution in [2.75, 3.05) is 0 Å². The van der Waals surface area contributed by atoms with E-state index in [-0.39, 0.29) is 18.3 Å². The summed E-state index contributed by atoms with van der Waals surface area (Å²) in [5.41, 5.74) is 0. The Morgan fingerprint density at radius 2 is 0.950 bits per heavy atom. The van der Waals surface area contributed by atoms with E-state index in [1.165, 1.54) is 0 Å². The molecule has 0 saturated carbocycles. The molecule has 0 heterocycles. The summed E-state index contributed by atoms with van der Waals surface area (Å²) in [6.07, 6.45) is 6.34. The third-order valence-corrected chi connectivity index (χ3v) is 5.96. The third-order valence-electron chi connectivity index (χ3n) is 3.11. The molecule has 0 aliphatic heterocycles. The fourth-order valence-electron chi connectivity index (χ4n) is 2.20. The van der Waals surface area contributed by atoms with Gasteiger partial charge >= 0.3 is 8.11 Å². The molecule has 0 fully saturated rings. The Bertz CT molecular complexity index is 205. The van der Waals surface area contributed by atoms with Crippen molar-refractivity contribution in [1.29, 1.82) is 0 Å². The van der Waals surface area contributed by atoms with Crippen molar-refractivity contribution in [3.05, 3.63) is 0 Å². The second-order valence-electron chi connectivity index (χ2n) is 5.63. The van der Waals surface area contributed by atoms with Gasteiger partial charge in [-0.15, -0.1) is 0 Å². The van der Waals surface area contributed by atoms with Gasteiger partial charge in [0.2, 0.25) is 0 Å². The molecule has 0 bridgehead atoms. The minimum atomic E-state index is -3.08. The fourth-order valence-corrected chi connectivity index (χ4v) is 5.53. The van der Waals surface area contributed by atoms with E-state index in [0.29, 0.717) is 0 Å². The highest BCUT2D eigenvalue weighted by Crippen LogP contribution is 2.25. The number of halogens is 1. The highest BCUT2D eigenvalue weighted by atomic mass is 35.6. The van der Waals surface area contributed by atoms with Gasteiger partial charge in [-0.3, -0.25) is 0 Å². The molecule has 0 amide bonds. The molecular formula is C15H33ClO3Si. The van der Waals surface area contributed by atoms with E-state index in [2.05, 4.69) is 20.8 Å². The van der Waals surface area contributed by atoms with Crippen molar-refractivity contribution in [2.24, 2.45) is 0 Å². The molecule has 3 nitrogen and oxygen atoms in total. The van der Waals surface area contributed by atoms with E-state index < -0.39 is 8.11 Å². The first kappa shape index (κ1) is 20.4. The fraction of sp³-hybridized carbons (Fsp3) is 1.00. The quantitative estimate of drug-likeness (QED) is 0.361. The molecule has 0 aliphatic rings. The van der Waals surface area contributed by atoms with Gasteiger partial charge in [-0.1, -0.05) is 51.1 Å². The van der Waals surface area contributed by atoms with Gasteiger partial charge in [0.05, 0.1) is 0 Å². The van der Waals surface area contributed by atoms with E-state index in [1.807, 2.05) is 20.8 Å². The van der Waals surface area contributed by atoms with Crippen LogP contribution in [0.1, 0.15) is 80.1 Å². The normalized spacial score (nSPS) is 19.4. The lowest BCUT2D eigenvalue weighted by molar-refractivity contribution is 0.00423. The summed E-state index contributed by atoms with van der Waals surface area (Å²) in [5, 5.41) is 0. The number of hydrogen-bond acceptors (Lipinski definition) is 3. The highest BCUT2D eigenvalue weighted by molar-refractivity contribution is 7.09. The molecule has 0 aromatic carbocycles. The Balaban J connectivity index is 4.64. The van der Waals surface area contributed by atoms with Crippen molar-refractivity contribution in [3.63, 3.8) is 0 Å². The Labute approximate surface area is 131 Å². The van der Waals surface area contributed by atoms with Gasteiger partial charge in [0, 0.05) is 18.3 Å². The summed E-state index contributed by atoms with van der Waals surface area (Å²) in [6.45, 7) is 12.5. The Morgan fingerprint density at radius 1 is 0.700 bits per heavy atom. The van der Waals surface area contributed by atoms with Crippen LogP contribution in [0.2, 0.25) is 0 Å². The van der Waals surface area contributed by atoms with Crippen LogP contribution in [0.15, 0.2) is 0 Å². The van der Waals surface area contributed by atoms with E-state index in [1.54, 1.807) is 0 Å². The average molecular weight is 325 g/mol. The average Bonchev–Trinajstić information content (AvgIpc) is 2.28. The summed E-state index contributed by atoms with van der Waals surface area (Å²) in [4.78, 5) is 0. The van der Waals surface area contributed by atoms with Crippen LogP contribution in [-0.4, -0.2) is 26.4 Å². The van der Waals surface area contributed by atoms with Gasteiger partial charge in [0.25, 0.3) is 0 Å². The van der Waals surface area contributed by atoms with Crippen molar-refractivity contribution in [2.45, 2.75) is 98.4 Å². The van der Waals surface area contributed by atoms with Crippen LogP contribution in [-0.2, 0) is 13.3 Å². The van der Waals surface area contributed by atoms with Gasteiger partial charge in [0.15, 0.2) is 0 Å². The van der Waals surface area contributed by atoms with Crippen LogP contribution in [0.3, 0.4) is 0 Å². The van der Waals surface area contributed by atoms with Crippen LogP contribution in [0, 0.1) is 0 Å². The summed E-state index contributed by atoms with van der Waals surface area (Å²) in [7, 11) is -3.08. The first-order chi connectivity index (χ1) is 9.36. The monoisotopic (exact) mass is 324 g/mol. The molecule has 0 N–H and O–H groups in total. The molecule has 0 aliphatic carbocycles. The lowest BCUT2D eigenvalue weighted by atomic mass is 10.2. The van der Waals surface area contributed by atoms with E-state index in [9.17, 15) is 0 Å². The zero-order valence-corrected chi connectivity index (χ0v) is 15.8. The van der Waals surface area contributed by atoms with Crippen LogP contribution < -0.4 is 0 Å². The maximum Gasteiger partial charge on any atom is 0.613 e. The Hall–Kier alpha value is 0.387. The molecule has 122 valence electrons. The van der Waals surface area contributed by atoms with Crippen molar-refractivity contribution in [3.8, 4) is 0 Å². The predicted octanol–water partition coefficient (Wildman–Crippen LogP) is 5.28. The maximum atomic E-state index is 6.60. The summed E-state index contributed by atoms with van der Waals surface area (Å²) < 4.78 is 17.9. The van der Waals surface area contributed by atoms with E-state index >= 15 is 0 Å². The van der Waals surface area contributed by atoms with E-state index in [4.69, 9.17) is 24.4 Å². The standard InChI is InChI=1S/C15H33ClO3Si/c1-7-10-13(4)17-20(16,18-14(5)11-8-2)19-15(6)12-9-3/h13-15H,7-12H2,1-6H3.